The van der Waals surface area contributed by atoms with Gasteiger partial charge in [-0.15, -0.1) is 0 Å². The van der Waals surface area contributed by atoms with Crippen molar-refractivity contribution in [1.82, 2.24) is 0 Å². The minimum Gasteiger partial charge on any atom is -0.507 e. The van der Waals surface area contributed by atoms with Crippen molar-refractivity contribution < 1.29 is 24.2 Å². The number of carbonyl (C=O) groups is 2. The summed E-state index contributed by atoms with van der Waals surface area (Å²) in [6.45, 7) is 17.4. The van der Waals surface area contributed by atoms with Crippen LogP contribution in [0, 0.1) is 20.8 Å². The first kappa shape index (κ1) is 28.0. The Morgan fingerprint density at radius 3 is 1.70 bits per heavy atom. The van der Waals surface area contributed by atoms with Crippen molar-refractivity contribution in [1.29, 1.82) is 0 Å². The standard InChI is InChI=1S/C32H38O5/c1-17(2)23-13-10-20(7)16-26(23)36-32(35)28-22(9)12-15-25(19(5)6)30(28)37-31(34)27-21(8)11-14-24(18(3)4)29(27)33/h10-19,33H,1-9H3. The predicted octanol–water partition coefficient (Wildman–Crippen LogP) is 8.13. The smallest absolute Gasteiger partial charge is 0.347 e. The lowest BCUT2D eigenvalue weighted by Crippen LogP contribution is -2.19. The molecule has 5 heteroatoms. The molecule has 0 saturated heterocycles. The van der Waals surface area contributed by atoms with Crippen LogP contribution >= 0.6 is 0 Å². The second-order valence-corrected chi connectivity index (χ2v) is 10.7. The van der Waals surface area contributed by atoms with E-state index in [1.807, 2.05) is 84.9 Å². The van der Waals surface area contributed by atoms with Crippen molar-refractivity contribution in [3.8, 4) is 17.2 Å². The van der Waals surface area contributed by atoms with Crippen LogP contribution in [0.3, 0.4) is 0 Å². The maximum absolute atomic E-state index is 13.6. The van der Waals surface area contributed by atoms with Crippen LogP contribution in [0.25, 0.3) is 0 Å². The van der Waals surface area contributed by atoms with Crippen LogP contribution in [-0.4, -0.2) is 17.0 Å². The highest BCUT2D eigenvalue weighted by molar-refractivity contribution is 6.00. The number of hydrogen-bond donors (Lipinski definition) is 1. The van der Waals surface area contributed by atoms with Gasteiger partial charge in [-0.1, -0.05) is 77.9 Å². The summed E-state index contributed by atoms with van der Waals surface area (Å²) in [5.41, 5.74) is 4.78. The van der Waals surface area contributed by atoms with Gasteiger partial charge in [0.2, 0.25) is 0 Å². The van der Waals surface area contributed by atoms with Crippen LogP contribution in [0.15, 0.2) is 42.5 Å². The van der Waals surface area contributed by atoms with E-state index in [1.54, 1.807) is 19.9 Å². The second-order valence-electron chi connectivity index (χ2n) is 10.7. The number of rotatable bonds is 7. The van der Waals surface area contributed by atoms with Crippen molar-refractivity contribution in [2.45, 2.75) is 80.1 Å². The molecule has 0 radical (unpaired) electrons. The fourth-order valence-electron chi connectivity index (χ4n) is 4.45. The lowest BCUT2D eigenvalue weighted by molar-refractivity contribution is 0.0702. The molecule has 3 rings (SSSR count). The number of esters is 2. The zero-order chi connectivity index (χ0) is 27.6. The van der Waals surface area contributed by atoms with Crippen molar-refractivity contribution >= 4 is 11.9 Å². The largest absolute Gasteiger partial charge is 0.507 e. The highest BCUT2D eigenvalue weighted by Crippen LogP contribution is 2.37. The summed E-state index contributed by atoms with van der Waals surface area (Å²) in [7, 11) is 0. The third kappa shape index (κ3) is 5.87. The number of phenolic OH excluding ortho intramolecular Hbond substituents is 1. The molecule has 0 aliphatic rings. The molecule has 0 unspecified atom stereocenters. The quantitative estimate of drug-likeness (QED) is 0.261. The Bertz CT molecular complexity index is 1330. The van der Waals surface area contributed by atoms with E-state index in [-0.39, 0.29) is 40.4 Å². The molecule has 0 atom stereocenters. The van der Waals surface area contributed by atoms with Crippen LogP contribution < -0.4 is 9.47 Å². The molecule has 0 aromatic heterocycles. The van der Waals surface area contributed by atoms with Crippen LogP contribution in [0.1, 0.15) is 113 Å². The first-order valence-corrected chi connectivity index (χ1v) is 12.8. The van der Waals surface area contributed by atoms with Gasteiger partial charge >= 0.3 is 11.9 Å². The molecule has 196 valence electrons. The molecule has 5 nitrogen and oxygen atoms in total. The molecular weight excluding hydrogens is 464 g/mol. The molecular formula is C32H38O5. The van der Waals surface area contributed by atoms with Crippen molar-refractivity contribution in [2.24, 2.45) is 0 Å². The summed E-state index contributed by atoms with van der Waals surface area (Å²) in [5, 5.41) is 10.9. The van der Waals surface area contributed by atoms with E-state index in [9.17, 15) is 14.7 Å². The van der Waals surface area contributed by atoms with Crippen LogP contribution in [-0.2, 0) is 0 Å². The number of aromatic hydroxyl groups is 1. The normalized spacial score (nSPS) is 11.4. The van der Waals surface area contributed by atoms with Gasteiger partial charge in [-0.3, -0.25) is 0 Å². The highest BCUT2D eigenvalue weighted by Gasteiger charge is 2.28. The summed E-state index contributed by atoms with van der Waals surface area (Å²) < 4.78 is 11.9. The molecule has 0 aliphatic heterocycles. The van der Waals surface area contributed by atoms with Crippen LogP contribution in [0.4, 0.5) is 0 Å². The lowest BCUT2D eigenvalue weighted by atomic mass is 9.95. The second kappa shape index (κ2) is 11.2. The third-order valence-electron chi connectivity index (χ3n) is 6.65. The maximum Gasteiger partial charge on any atom is 0.347 e. The molecule has 3 aromatic carbocycles. The predicted molar refractivity (Wildman–Crippen MR) is 147 cm³/mol. The van der Waals surface area contributed by atoms with Gasteiger partial charge in [-0.05, 0) is 78.0 Å². The molecule has 0 spiro atoms. The number of aryl methyl sites for hydroxylation is 3. The topological polar surface area (TPSA) is 72.8 Å². The monoisotopic (exact) mass is 502 g/mol. The van der Waals surface area contributed by atoms with E-state index in [4.69, 9.17) is 9.47 Å². The highest BCUT2D eigenvalue weighted by atomic mass is 16.6. The van der Waals surface area contributed by atoms with Crippen molar-refractivity contribution in [3.05, 3.63) is 87.0 Å². The summed E-state index contributed by atoms with van der Waals surface area (Å²) in [4.78, 5) is 27.2. The van der Waals surface area contributed by atoms with E-state index in [0.29, 0.717) is 28.0 Å². The first-order valence-electron chi connectivity index (χ1n) is 12.8. The zero-order valence-electron chi connectivity index (χ0n) is 23.4. The van der Waals surface area contributed by atoms with E-state index in [1.165, 1.54) is 0 Å². The Morgan fingerprint density at radius 1 is 0.649 bits per heavy atom. The van der Waals surface area contributed by atoms with E-state index >= 15 is 0 Å². The molecule has 0 fully saturated rings. The van der Waals surface area contributed by atoms with Gasteiger partial charge in [-0.2, -0.15) is 0 Å². The van der Waals surface area contributed by atoms with Crippen LogP contribution in [0.5, 0.6) is 17.2 Å². The zero-order valence-corrected chi connectivity index (χ0v) is 23.4. The summed E-state index contributed by atoms with van der Waals surface area (Å²) in [6.07, 6.45) is 0. The Balaban J connectivity index is 2.12. The van der Waals surface area contributed by atoms with Gasteiger partial charge in [0.05, 0.1) is 0 Å². The Labute approximate surface area is 220 Å². The average molecular weight is 503 g/mol. The average Bonchev–Trinajstić information content (AvgIpc) is 2.78. The minimum atomic E-state index is -0.711. The summed E-state index contributed by atoms with van der Waals surface area (Å²) >= 11 is 0. The van der Waals surface area contributed by atoms with Gasteiger partial charge in [0.25, 0.3) is 0 Å². The molecule has 0 aliphatic carbocycles. The van der Waals surface area contributed by atoms with Gasteiger partial charge < -0.3 is 14.6 Å². The molecule has 0 heterocycles. The number of benzene rings is 3. The fourth-order valence-corrected chi connectivity index (χ4v) is 4.45. The summed E-state index contributed by atoms with van der Waals surface area (Å²) in [6, 6.07) is 13.1. The first-order chi connectivity index (χ1) is 17.3. The lowest BCUT2D eigenvalue weighted by Gasteiger charge is -2.20. The summed E-state index contributed by atoms with van der Waals surface area (Å²) in [5.74, 6) is -0.594. The van der Waals surface area contributed by atoms with Gasteiger partial charge in [0.15, 0.2) is 0 Å². The Kier molecular flexibility index (Phi) is 8.47. The van der Waals surface area contributed by atoms with Gasteiger partial charge in [0, 0.05) is 0 Å². The molecule has 1 N–H and O–H groups in total. The number of hydrogen-bond acceptors (Lipinski definition) is 5. The molecule has 3 aromatic rings. The molecule has 0 saturated carbocycles. The van der Waals surface area contributed by atoms with Crippen molar-refractivity contribution in [2.75, 3.05) is 0 Å². The number of phenols is 1. The van der Waals surface area contributed by atoms with Crippen LogP contribution in [0.2, 0.25) is 0 Å². The Morgan fingerprint density at radius 2 is 1.14 bits per heavy atom. The Hall–Kier alpha value is -3.60. The van der Waals surface area contributed by atoms with E-state index in [0.717, 1.165) is 11.1 Å². The van der Waals surface area contributed by atoms with E-state index < -0.39 is 11.9 Å². The van der Waals surface area contributed by atoms with Gasteiger partial charge in [0.1, 0.15) is 28.4 Å². The maximum atomic E-state index is 13.6. The fraction of sp³-hybridized carbons (Fsp3) is 0.375. The third-order valence-corrected chi connectivity index (χ3v) is 6.65. The number of carbonyl (C=O) groups excluding carboxylic acids is 2. The van der Waals surface area contributed by atoms with E-state index in [2.05, 4.69) is 0 Å². The number of ether oxygens (including phenoxy) is 2. The minimum absolute atomic E-state index is 0.0207. The molecule has 0 amide bonds. The molecule has 0 bridgehead atoms. The molecule has 37 heavy (non-hydrogen) atoms. The van der Waals surface area contributed by atoms with Gasteiger partial charge in [-0.25, -0.2) is 9.59 Å². The van der Waals surface area contributed by atoms with Crippen molar-refractivity contribution in [3.63, 3.8) is 0 Å². The SMILES string of the molecule is Cc1ccc(C(C)C)c(OC(=O)c2c(C)ccc(C(C)C)c2OC(=O)c2c(C)ccc(C(C)C)c2O)c1.